The Morgan fingerprint density at radius 2 is 2.05 bits per heavy atom. The molecule has 0 bridgehead atoms. The molecule has 0 radical (unpaired) electrons. The summed E-state index contributed by atoms with van der Waals surface area (Å²) in [7, 11) is 0. The molecule has 0 aliphatic heterocycles. The zero-order valence-corrected chi connectivity index (χ0v) is 13.6. The molecule has 0 spiro atoms. The summed E-state index contributed by atoms with van der Waals surface area (Å²) in [6.45, 7) is 4.06. The molecule has 4 heteroatoms. The molecule has 21 heavy (non-hydrogen) atoms. The molecule has 112 valence electrons. The van der Waals surface area contributed by atoms with E-state index >= 15 is 0 Å². The van der Waals surface area contributed by atoms with Crippen LogP contribution in [0, 0.1) is 5.82 Å². The van der Waals surface area contributed by atoms with E-state index in [4.69, 9.17) is 11.6 Å². The van der Waals surface area contributed by atoms with Gasteiger partial charge in [0.1, 0.15) is 5.82 Å². The van der Waals surface area contributed by atoms with E-state index in [1.807, 2.05) is 0 Å². The van der Waals surface area contributed by atoms with Crippen LogP contribution < -0.4 is 5.32 Å². The van der Waals surface area contributed by atoms with E-state index in [0.717, 1.165) is 25.1 Å². The van der Waals surface area contributed by atoms with E-state index in [2.05, 4.69) is 36.5 Å². The van der Waals surface area contributed by atoms with Gasteiger partial charge in [-0.15, -0.1) is 11.8 Å². The smallest absolute Gasteiger partial charge is 0.123 e. The van der Waals surface area contributed by atoms with Gasteiger partial charge in [-0.05, 0) is 54.4 Å². The zero-order chi connectivity index (χ0) is 15.1. The molecule has 0 aromatic heterocycles. The first-order chi connectivity index (χ1) is 10.2. The molecule has 0 aliphatic carbocycles. The fourth-order valence-electron chi connectivity index (χ4n) is 1.97. The van der Waals surface area contributed by atoms with Crippen LogP contribution in [0.5, 0.6) is 0 Å². The van der Waals surface area contributed by atoms with Gasteiger partial charge in [0, 0.05) is 22.2 Å². The van der Waals surface area contributed by atoms with Gasteiger partial charge >= 0.3 is 0 Å². The second-order valence-electron chi connectivity index (χ2n) is 4.85. The summed E-state index contributed by atoms with van der Waals surface area (Å²) in [5.41, 5.74) is 2.09. The Balaban J connectivity index is 1.96. The van der Waals surface area contributed by atoms with Crippen molar-refractivity contribution in [2.75, 3.05) is 6.54 Å². The summed E-state index contributed by atoms with van der Waals surface area (Å²) in [6.07, 6.45) is 1.13. The topological polar surface area (TPSA) is 12.0 Å². The van der Waals surface area contributed by atoms with Gasteiger partial charge < -0.3 is 5.32 Å². The Hall–Kier alpha value is -1.03. The number of hydrogen-bond donors (Lipinski definition) is 1. The van der Waals surface area contributed by atoms with Gasteiger partial charge in [0.25, 0.3) is 0 Å². The number of hydrogen-bond acceptors (Lipinski definition) is 2. The van der Waals surface area contributed by atoms with Gasteiger partial charge in [-0.2, -0.15) is 0 Å². The van der Waals surface area contributed by atoms with Crippen molar-refractivity contribution in [3.63, 3.8) is 0 Å². The van der Waals surface area contributed by atoms with Gasteiger partial charge in [-0.25, -0.2) is 4.39 Å². The van der Waals surface area contributed by atoms with Crippen molar-refractivity contribution in [1.82, 2.24) is 5.32 Å². The van der Waals surface area contributed by atoms with E-state index in [-0.39, 0.29) is 5.82 Å². The van der Waals surface area contributed by atoms with Crippen molar-refractivity contribution in [1.29, 1.82) is 0 Å². The minimum absolute atomic E-state index is 0.243. The molecule has 0 amide bonds. The van der Waals surface area contributed by atoms with E-state index in [9.17, 15) is 4.39 Å². The summed E-state index contributed by atoms with van der Waals surface area (Å²) in [5, 5.41) is 4.00. The number of benzene rings is 2. The van der Waals surface area contributed by atoms with Gasteiger partial charge in [-0.3, -0.25) is 0 Å². The highest BCUT2D eigenvalue weighted by molar-refractivity contribution is 7.98. The van der Waals surface area contributed by atoms with Crippen LogP contribution in [0.1, 0.15) is 24.5 Å². The van der Waals surface area contributed by atoms with E-state index < -0.39 is 0 Å². The molecule has 1 nitrogen and oxygen atoms in total. The first kappa shape index (κ1) is 16.3. The third-order valence-electron chi connectivity index (χ3n) is 3.06. The Kier molecular flexibility index (Phi) is 6.55. The quantitative estimate of drug-likeness (QED) is 0.550. The molecular weight excluding hydrogens is 305 g/mol. The highest BCUT2D eigenvalue weighted by atomic mass is 35.5. The summed E-state index contributed by atoms with van der Waals surface area (Å²) >= 11 is 7.76. The van der Waals surface area contributed by atoms with Crippen LogP contribution in [0.2, 0.25) is 5.02 Å². The van der Waals surface area contributed by atoms with Crippen LogP contribution in [0.15, 0.2) is 47.4 Å². The van der Waals surface area contributed by atoms with Crippen LogP contribution in [-0.2, 0) is 12.3 Å². The standard InChI is InChI=1S/C17H19ClFNS/c1-2-8-20-11-13-4-3-5-16(9-13)21-12-14-10-15(19)6-7-17(14)18/h3-7,9-10,20H,2,8,11-12H2,1H3. The summed E-state index contributed by atoms with van der Waals surface area (Å²) in [5.74, 6) is 0.426. The Bertz CT molecular complexity index is 589. The number of thioether (sulfide) groups is 1. The average Bonchev–Trinajstić information content (AvgIpc) is 2.49. The Morgan fingerprint density at radius 3 is 2.86 bits per heavy atom. The largest absolute Gasteiger partial charge is 0.313 e. The average molecular weight is 324 g/mol. The SMILES string of the molecule is CCCNCc1cccc(SCc2cc(F)ccc2Cl)c1. The molecule has 0 fully saturated rings. The maximum absolute atomic E-state index is 13.2. The monoisotopic (exact) mass is 323 g/mol. The first-order valence-corrected chi connectivity index (χ1v) is 8.42. The van der Waals surface area contributed by atoms with Crippen molar-refractivity contribution in [3.8, 4) is 0 Å². The fraction of sp³-hybridized carbons (Fsp3) is 0.294. The van der Waals surface area contributed by atoms with Crippen molar-refractivity contribution < 1.29 is 4.39 Å². The molecule has 1 N–H and O–H groups in total. The highest BCUT2D eigenvalue weighted by Crippen LogP contribution is 2.27. The van der Waals surface area contributed by atoms with Crippen molar-refractivity contribution in [3.05, 3.63) is 64.4 Å². The summed E-state index contributed by atoms with van der Waals surface area (Å²) < 4.78 is 13.2. The van der Waals surface area contributed by atoms with Crippen LogP contribution >= 0.6 is 23.4 Å². The van der Waals surface area contributed by atoms with Gasteiger partial charge in [0.15, 0.2) is 0 Å². The molecule has 0 saturated heterocycles. The lowest BCUT2D eigenvalue weighted by atomic mass is 10.2. The molecule has 2 rings (SSSR count). The number of rotatable bonds is 7. The van der Waals surface area contributed by atoms with E-state index in [1.54, 1.807) is 17.8 Å². The zero-order valence-electron chi connectivity index (χ0n) is 12.0. The third kappa shape index (κ3) is 5.34. The maximum atomic E-state index is 13.2. The molecule has 0 atom stereocenters. The molecular formula is C17H19ClFNS. The third-order valence-corrected chi connectivity index (χ3v) is 4.47. The first-order valence-electron chi connectivity index (χ1n) is 7.05. The molecule has 0 saturated carbocycles. The molecule has 0 heterocycles. The Morgan fingerprint density at radius 1 is 1.19 bits per heavy atom. The Labute approximate surface area is 134 Å². The van der Waals surface area contributed by atoms with Gasteiger partial charge in [0.2, 0.25) is 0 Å². The van der Waals surface area contributed by atoms with Gasteiger partial charge in [0.05, 0.1) is 0 Å². The summed E-state index contributed by atoms with van der Waals surface area (Å²) in [6, 6.07) is 12.9. The fourth-order valence-corrected chi connectivity index (χ4v) is 3.20. The highest BCUT2D eigenvalue weighted by Gasteiger charge is 2.04. The van der Waals surface area contributed by atoms with Crippen molar-refractivity contribution in [2.45, 2.75) is 30.5 Å². The van der Waals surface area contributed by atoms with Crippen LogP contribution in [-0.4, -0.2) is 6.54 Å². The van der Waals surface area contributed by atoms with Gasteiger partial charge in [-0.1, -0.05) is 30.7 Å². The lowest BCUT2D eigenvalue weighted by molar-refractivity contribution is 0.626. The second-order valence-corrected chi connectivity index (χ2v) is 6.30. The molecule has 2 aromatic carbocycles. The predicted octanol–water partition coefficient (Wildman–Crippen LogP) is 5.27. The minimum Gasteiger partial charge on any atom is -0.313 e. The lowest BCUT2D eigenvalue weighted by Crippen LogP contribution is -2.13. The van der Waals surface area contributed by atoms with Crippen LogP contribution in [0.25, 0.3) is 0 Å². The van der Waals surface area contributed by atoms with Crippen molar-refractivity contribution in [2.24, 2.45) is 0 Å². The van der Waals surface area contributed by atoms with Crippen LogP contribution in [0.4, 0.5) is 4.39 Å². The van der Waals surface area contributed by atoms with Crippen molar-refractivity contribution >= 4 is 23.4 Å². The van der Waals surface area contributed by atoms with E-state index in [0.29, 0.717) is 10.8 Å². The molecule has 0 aliphatic rings. The summed E-state index contributed by atoms with van der Waals surface area (Å²) in [4.78, 5) is 1.17. The molecule has 2 aromatic rings. The normalized spacial score (nSPS) is 10.8. The number of halogens is 2. The molecule has 0 unspecified atom stereocenters. The lowest BCUT2D eigenvalue weighted by Gasteiger charge is -2.07. The number of nitrogens with one attached hydrogen (secondary N) is 1. The minimum atomic E-state index is -0.243. The van der Waals surface area contributed by atoms with Crippen LogP contribution in [0.3, 0.4) is 0 Å². The second kappa shape index (κ2) is 8.42. The predicted molar refractivity (Wildman–Crippen MR) is 89.4 cm³/mol. The van der Waals surface area contributed by atoms with E-state index in [1.165, 1.54) is 22.6 Å². The maximum Gasteiger partial charge on any atom is 0.123 e.